The van der Waals surface area contributed by atoms with E-state index in [4.69, 9.17) is 39.9 Å². The maximum absolute atomic E-state index is 10.7. The SMILES string of the molecule is Cc1nc(Cl)c(C=CC(=O)O)n1Cc1ccc(Cl)cc1Cl. The standard InChI is InChI=1S/C14H11Cl3N2O2/c1-8-18-14(17)12(4-5-13(20)21)19(8)7-9-2-3-10(15)6-11(9)16/h2-6H,7H2,1H3,(H,20,21). The Morgan fingerprint density at radius 3 is 2.71 bits per heavy atom. The molecule has 0 atom stereocenters. The van der Waals surface area contributed by atoms with Crippen LogP contribution < -0.4 is 0 Å². The molecule has 0 aliphatic carbocycles. The molecule has 0 saturated heterocycles. The Morgan fingerprint density at radius 2 is 2.10 bits per heavy atom. The number of hydrogen-bond acceptors (Lipinski definition) is 2. The number of hydrogen-bond donors (Lipinski definition) is 1. The van der Waals surface area contributed by atoms with Crippen molar-refractivity contribution in [1.82, 2.24) is 9.55 Å². The summed E-state index contributed by atoms with van der Waals surface area (Å²) >= 11 is 18.1. The minimum absolute atomic E-state index is 0.245. The van der Waals surface area contributed by atoms with Crippen molar-refractivity contribution in [3.05, 3.63) is 56.6 Å². The minimum atomic E-state index is -1.05. The van der Waals surface area contributed by atoms with Crippen LogP contribution in [0.4, 0.5) is 0 Å². The molecule has 0 unspecified atom stereocenters. The van der Waals surface area contributed by atoms with Crippen molar-refractivity contribution in [2.24, 2.45) is 0 Å². The molecule has 21 heavy (non-hydrogen) atoms. The Hall–Kier alpha value is -1.49. The van der Waals surface area contributed by atoms with Crippen LogP contribution in [0.15, 0.2) is 24.3 Å². The quantitative estimate of drug-likeness (QED) is 0.841. The van der Waals surface area contributed by atoms with E-state index in [1.807, 2.05) is 6.07 Å². The highest BCUT2D eigenvalue weighted by molar-refractivity contribution is 6.35. The second-order valence-corrected chi connectivity index (χ2v) is 5.53. The molecule has 1 heterocycles. The smallest absolute Gasteiger partial charge is 0.328 e. The van der Waals surface area contributed by atoms with Crippen molar-refractivity contribution < 1.29 is 9.90 Å². The van der Waals surface area contributed by atoms with Crippen LogP contribution in [0.3, 0.4) is 0 Å². The van der Waals surface area contributed by atoms with E-state index in [1.165, 1.54) is 6.08 Å². The Kier molecular flexibility index (Phi) is 4.93. The van der Waals surface area contributed by atoms with Gasteiger partial charge in [0.25, 0.3) is 0 Å². The Morgan fingerprint density at radius 1 is 1.38 bits per heavy atom. The Balaban J connectivity index is 2.41. The number of nitrogens with zero attached hydrogens (tertiary/aromatic N) is 2. The van der Waals surface area contributed by atoms with Crippen LogP contribution in [0.5, 0.6) is 0 Å². The number of carbonyl (C=O) groups is 1. The van der Waals surface area contributed by atoms with Crippen LogP contribution in [0, 0.1) is 6.92 Å². The van der Waals surface area contributed by atoms with Crippen molar-refractivity contribution in [3.8, 4) is 0 Å². The van der Waals surface area contributed by atoms with Crippen LogP contribution in [-0.2, 0) is 11.3 Å². The molecule has 1 N–H and O–H groups in total. The number of carboxylic acids is 1. The maximum atomic E-state index is 10.7. The van der Waals surface area contributed by atoms with Gasteiger partial charge >= 0.3 is 5.97 Å². The van der Waals surface area contributed by atoms with Gasteiger partial charge in [-0.15, -0.1) is 0 Å². The van der Waals surface area contributed by atoms with Crippen molar-refractivity contribution in [2.45, 2.75) is 13.5 Å². The third kappa shape index (κ3) is 3.79. The number of aliphatic carboxylic acids is 1. The first-order chi connectivity index (χ1) is 9.88. The van der Waals surface area contributed by atoms with E-state index in [0.717, 1.165) is 11.6 Å². The second kappa shape index (κ2) is 6.52. The van der Waals surface area contributed by atoms with Gasteiger partial charge in [-0.3, -0.25) is 0 Å². The number of halogens is 3. The Labute approximate surface area is 136 Å². The first kappa shape index (κ1) is 15.9. The van der Waals surface area contributed by atoms with Crippen molar-refractivity contribution in [2.75, 3.05) is 0 Å². The fraction of sp³-hybridized carbons (Fsp3) is 0.143. The lowest BCUT2D eigenvalue weighted by molar-refractivity contribution is -0.131. The lowest BCUT2D eigenvalue weighted by atomic mass is 10.2. The summed E-state index contributed by atoms with van der Waals surface area (Å²) in [6, 6.07) is 5.20. The normalized spacial score (nSPS) is 11.2. The first-order valence-corrected chi connectivity index (χ1v) is 7.09. The van der Waals surface area contributed by atoms with E-state index in [-0.39, 0.29) is 5.15 Å². The number of aromatic nitrogens is 2. The molecule has 4 nitrogen and oxygen atoms in total. The average Bonchev–Trinajstić information content (AvgIpc) is 2.65. The summed E-state index contributed by atoms with van der Waals surface area (Å²) < 4.78 is 1.79. The van der Waals surface area contributed by atoms with Gasteiger partial charge in [0.1, 0.15) is 5.82 Å². The largest absolute Gasteiger partial charge is 0.478 e. The molecule has 0 aliphatic rings. The van der Waals surface area contributed by atoms with Crippen LogP contribution in [0.25, 0.3) is 6.08 Å². The summed E-state index contributed by atoms with van der Waals surface area (Å²) in [6.07, 6.45) is 2.43. The molecule has 0 saturated carbocycles. The van der Waals surface area contributed by atoms with Gasteiger partial charge < -0.3 is 9.67 Å². The summed E-state index contributed by atoms with van der Waals surface area (Å²) in [4.78, 5) is 14.8. The van der Waals surface area contributed by atoms with Gasteiger partial charge in [0.05, 0.1) is 12.2 Å². The maximum Gasteiger partial charge on any atom is 0.328 e. The second-order valence-electron chi connectivity index (χ2n) is 4.33. The molecule has 1 aromatic heterocycles. The predicted molar refractivity (Wildman–Crippen MR) is 84.2 cm³/mol. The summed E-state index contributed by atoms with van der Waals surface area (Å²) in [5.41, 5.74) is 1.35. The fourth-order valence-electron chi connectivity index (χ4n) is 1.87. The van der Waals surface area contributed by atoms with E-state index in [9.17, 15) is 4.79 Å². The van der Waals surface area contributed by atoms with E-state index >= 15 is 0 Å². The van der Waals surface area contributed by atoms with Gasteiger partial charge in [-0.05, 0) is 30.7 Å². The molecule has 0 aliphatic heterocycles. The Bertz CT molecular complexity index is 723. The summed E-state index contributed by atoms with van der Waals surface area (Å²) in [6.45, 7) is 2.20. The number of rotatable bonds is 4. The molecule has 0 spiro atoms. The van der Waals surface area contributed by atoms with Crippen molar-refractivity contribution in [1.29, 1.82) is 0 Å². The number of imidazole rings is 1. The molecule has 2 rings (SSSR count). The van der Waals surface area contributed by atoms with E-state index in [0.29, 0.717) is 28.1 Å². The highest BCUT2D eigenvalue weighted by atomic mass is 35.5. The zero-order valence-electron chi connectivity index (χ0n) is 11.0. The first-order valence-electron chi connectivity index (χ1n) is 5.96. The third-order valence-corrected chi connectivity index (χ3v) is 3.75. The van der Waals surface area contributed by atoms with Crippen LogP contribution in [0.1, 0.15) is 17.1 Å². The van der Waals surface area contributed by atoms with E-state index < -0.39 is 5.97 Å². The molecule has 7 heteroatoms. The lowest BCUT2D eigenvalue weighted by Crippen LogP contribution is -2.05. The predicted octanol–water partition coefficient (Wildman–Crippen LogP) is 4.30. The van der Waals surface area contributed by atoms with Crippen molar-refractivity contribution >= 4 is 46.8 Å². The summed E-state index contributed by atoms with van der Waals surface area (Å²) in [7, 11) is 0. The fourth-order valence-corrected chi connectivity index (χ4v) is 2.63. The van der Waals surface area contributed by atoms with E-state index in [1.54, 1.807) is 23.6 Å². The minimum Gasteiger partial charge on any atom is -0.478 e. The zero-order chi connectivity index (χ0) is 15.6. The van der Waals surface area contributed by atoms with Gasteiger partial charge in [0.2, 0.25) is 0 Å². The summed E-state index contributed by atoms with van der Waals surface area (Å²) in [5, 5.41) is 10.1. The van der Waals surface area contributed by atoms with Gasteiger partial charge in [0, 0.05) is 16.1 Å². The molecule has 0 radical (unpaired) electrons. The summed E-state index contributed by atoms with van der Waals surface area (Å²) in [5.74, 6) is -0.392. The molecule has 2 aromatic rings. The highest BCUT2D eigenvalue weighted by Gasteiger charge is 2.13. The molecule has 0 amide bonds. The molecular weight excluding hydrogens is 335 g/mol. The van der Waals surface area contributed by atoms with Gasteiger partial charge in [-0.2, -0.15) is 0 Å². The topological polar surface area (TPSA) is 55.1 Å². The van der Waals surface area contributed by atoms with Crippen LogP contribution in [-0.4, -0.2) is 20.6 Å². The number of benzene rings is 1. The highest BCUT2D eigenvalue weighted by Crippen LogP contribution is 2.25. The molecular formula is C14H11Cl3N2O2. The monoisotopic (exact) mass is 344 g/mol. The number of carboxylic acid groups (broad SMARTS) is 1. The van der Waals surface area contributed by atoms with Crippen molar-refractivity contribution in [3.63, 3.8) is 0 Å². The van der Waals surface area contributed by atoms with Gasteiger partial charge in [-0.1, -0.05) is 40.9 Å². The van der Waals surface area contributed by atoms with Crippen LogP contribution >= 0.6 is 34.8 Å². The molecule has 1 aromatic carbocycles. The molecule has 110 valence electrons. The third-order valence-electron chi connectivity index (χ3n) is 2.88. The lowest BCUT2D eigenvalue weighted by Gasteiger charge is -2.10. The van der Waals surface area contributed by atoms with Gasteiger partial charge in [0.15, 0.2) is 5.15 Å². The number of aryl methyl sites for hydroxylation is 1. The van der Waals surface area contributed by atoms with Gasteiger partial charge in [-0.25, -0.2) is 9.78 Å². The zero-order valence-corrected chi connectivity index (χ0v) is 13.2. The van der Waals surface area contributed by atoms with Crippen LogP contribution in [0.2, 0.25) is 15.2 Å². The molecule has 0 bridgehead atoms. The van der Waals surface area contributed by atoms with E-state index in [2.05, 4.69) is 4.98 Å². The molecule has 0 fully saturated rings. The average molecular weight is 346 g/mol.